The molecule has 1 N–H and O–H groups in total. The van der Waals surface area contributed by atoms with Crippen LogP contribution < -0.4 is 9.47 Å². The lowest BCUT2D eigenvalue weighted by Gasteiger charge is -2.23. The number of nitrogens with zero attached hydrogens (tertiary/aromatic N) is 2. The molecule has 1 aromatic carbocycles. The number of carbonyl (C=O) groups is 2. The van der Waals surface area contributed by atoms with Gasteiger partial charge in [0.2, 0.25) is 0 Å². The minimum atomic E-state index is -0.0452. The summed E-state index contributed by atoms with van der Waals surface area (Å²) in [5.74, 6) is 1.21. The summed E-state index contributed by atoms with van der Waals surface area (Å²) in [6.07, 6.45) is 2.49. The van der Waals surface area contributed by atoms with Crippen molar-refractivity contribution in [1.29, 1.82) is 0 Å². The van der Waals surface area contributed by atoms with Crippen LogP contribution in [0.25, 0.3) is 0 Å². The van der Waals surface area contributed by atoms with Crippen LogP contribution in [0.1, 0.15) is 27.3 Å². The third-order valence-electron chi connectivity index (χ3n) is 4.69. The third kappa shape index (κ3) is 3.24. The number of carbonyl (C=O) groups excluding carboxylic acids is 2. The zero-order chi connectivity index (χ0) is 17.9. The largest absolute Gasteiger partial charge is 0.486 e. The molecule has 3 heterocycles. The first-order chi connectivity index (χ1) is 12.7. The summed E-state index contributed by atoms with van der Waals surface area (Å²) < 4.78 is 11.1. The minimum Gasteiger partial charge on any atom is -0.486 e. The van der Waals surface area contributed by atoms with Crippen molar-refractivity contribution in [3.8, 4) is 11.5 Å². The third-order valence-corrected chi connectivity index (χ3v) is 4.69. The zero-order valence-electron chi connectivity index (χ0n) is 14.4. The molecule has 0 atom stereocenters. The molecule has 2 aliphatic rings. The van der Waals surface area contributed by atoms with Crippen molar-refractivity contribution < 1.29 is 19.1 Å². The van der Waals surface area contributed by atoms with Gasteiger partial charge >= 0.3 is 0 Å². The minimum absolute atomic E-state index is 0.0244. The van der Waals surface area contributed by atoms with E-state index in [1.165, 1.54) is 0 Å². The molecule has 2 amide bonds. The average Bonchev–Trinajstić information content (AvgIpc) is 3.11. The van der Waals surface area contributed by atoms with Gasteiger partial charge in [-0.2, -0.15) is 0 Å². The molecule has 26 heavy (non-hydrogen) atoms. The lowest BCUT2D eigenvalue weighted by atomic mass is 10.1. The molecule has 2 aliphatic heterocycles. The fraction of sp³-hybridized carbons (Fsp3) is 0.368. The Balaban J connectivity index is 1.44. The van der Waals surface area contributed by atoms with Gasteiger partial charge in [-0.1, -0.05) is 0 Å². The van der Waals surface area contributed by atoms with Crippen LogP contribution in [0.4, 0.5) is 0 Å². The van der Waals surface area contributed by atoms with Crippen LogP contribution >= 0.6 is 0 Å². The standard InChI is InChI=1S/C19H21N3O4/c23-18(14-4-5-16-17(13-14)26-12-11-25-16)21-7-2-8-22(10-9-21)19(24)15-3-1-6-20-15/h1,3-6,13,20H,2,7-12H2. The van der Waals surface area contributed by atoms with E-state index in [-0.39, 0.29) is 11.8 Å². The second kappa shape index (κ2) is 7.11. The van der Waals surface area contributed by atoms with Gasteiger partial charge in [0, 0.05) is 37.9 Å². The van der Waals surface area contributed by atoms with Crippen LogP contribution in [-0.2, 0) is 0 Å². The van der Waals surface area contributed by atoms with Crippen molar-refractivity contribution in [2.75, 3.05) is 39.4 Å². The molecule has 2 aromatic rings. The number of fused-ring (bicyclic) bond motifs is 1. The topological polar surface area (TPSA) is 74.9 Å². The smallest absolute Gasteiger partial charge is 0.270 e. The monoisotopic (exact) mass is 355 g/mol. The van der Waals surface area contributed by atoms with Crippen molar-refractivity contribution in [2.24, 2.45) is 0 Å². The van der Waals surface area contributed by atoms with E-state index in [2.05, 4.69) is 4.98 Å². The molecule has 7 nitrogen and oxygen atoms in total. The van der Waals surface area contributed by atoms with E-state index in [4.69, 9.17) is 9.47 Å². The quantitative estimate of drug-likeness (QED) is 0.891. The van der Waals surface area contributed by atoms with Gasteiger partial charge in [0.05, 0.1) is 0 Å². The van der Waals surface area contributed by atoms with Gasteiger partial charge in [-0.3, -0.25) is 9.59 Å². The lowest BCUT2D eigenvalue weighted by molar-refractivity contribution is 0.0715. The number of aromatic nitrogens is 1. The van der Waals surface area contributed by atoms with Crippen molar-refractivity contribution in [2.45, 2.75) is 6.42 Å². The molecular formula is C19H21N3O4. The van der Waals surface area contributed by atoms with E-state index in [9.17, 15) is 9.59 Å². The Hall–Kier alpha value is -2.96. The van der Waals surface area contributed by atoms with E-state index in [0.29, 0.717) is 62.1 Å². The number of ether oxygens (including phenoxy) is 2. The molecule has 1 fully saturated rings. The summed E-state index contributed by atoms with van der Waals surface area (Å²) in [4.78, 5) is 31.9. The summed E-state index contributed by atoms with van der Waals surface area (Å²) in [6.45, 7) is 3.32. The SMILES string of the molecule is O=C(c1ccc2c(c1)OCCO2)N1CCCN(C(=O)c2ccc[nH]2)CC1. The van der Waals surface area contributed by atoms with Crippen LogP contribution in [0.2, 0.25) is 0 Å². The number of H-pyrrole nitrogens is 1. The summed E-state index contributed by atoms with van der Waals surface area (Å²) in [5.41, 5.74) is 1.16. The summed E-state index contributed by atoms with van der Waals surface area (Å²) in [5, 5.41) is 0. The molecule has 136 valence electrons. The van der Waals surface area contributed by atoms with Gasteiger partial charge < -0.3 is 24.3 Å². The summed E-state index contributed by atoms with van der Waals surface area (Å²) in [7, 11) is 0. The van der Waals surface area contributed by atoms with Gasteiger partial charge in [0.25, 0.3) is 11.8 Å². The number of rotatable bonds is 2. The molecule has 0 bridgehead atoms. The fourth-order valence-electron chi connectivity index (χ4n) is 3.32. The Morgan fingerprint density at radius 2 is 1.62 bits per heavy atom. The van der Waals surface area contributed by atoms with Crippen molar-refractivity contribution >= 4 is 11.8 Å². The second-order valence-corrected chi connectivity index (χ2v) is 6.38. The van der Waals surface area contributed by atoms with Crippen molar-refractivity contribution in [3.63, 3.8) is 0 Å². The molecule has 1 saturated heterocycles. The van der Waals surface area contributed by atoms with Crippen LogP contribution in [0.3, 0.4) is 0 Å². The van der Waals surface area contributed by atoms with Gasteiger partial charge in [-0.25, -0.2) is 0 Å². The maximum absolute atomic E-state index is 12.9. The average molecular weight is 355 g/mol. The number of hydrogen-bond donors (Lipinski definition) is 1. The van der Waals surface area contributed by atoms with Gasteiger partial charge in [-0.05, 0) is 36.8 Å². The summed E-state index contributed by atoms with van der Waals surface area (Å²) in [6, 6.07) is 8.86. The van der Waals surface area contributed by atoms with Crippen LogP contribution in [-0.4, -0.2) is 66.0 Å². The van der Waals surface area contributed by atoms with Crippen LogP contribution in [0, 0.1) is 0 Å². The number of nitrogens with one attached hydrogen (secondary N) is 1. The molecule has 0 radical (unpaired) electrons. The van der Waals surface area contributed by atoms with E-state index in [1.807, 2.05) is 6.07 Å². The first kappa shape index (κ1) is 16.5. The Morgan fingerprint density at radius 3 is 2.35 bits per heavy atom. The highest BCUT2D eigenvalue weighted by Crippen LogP contribution is 2.31. The predicted molar refractivity (Wildman–Crippen MR) is 94.6 cm³/mol. The number of benzene rings is 1. The molecule has 7 heteroatoms. The normalized spacial score (nSPS) is 16.9. The zero-order valence-corrected chi connectivity index (χ0v) is 14.4. The molecule has 0 aliphatic carbocycles. The second-order valence-electron chi connectivity index (χ2n) is 6.38. The van der Waals surface area contributed by atoms with Crippen molar-refractivity contribution in [1.82, 2.24) is 14.8 Å². The molecule has 0 spiro atoms. The first-order valence-corrected chi connectivity index (χ1v) is 8.84. The number of amides is 2. The van der Waals surface area contributed by atoms with E-state index < -0.39 is 0 Å². The van der Waals surface area contributed by atoms with Crippen molar-refractivity contribution in [3.05, 3.63) is 47.8 Å². The fourth-order valence-corrected chi connectivity index (χ4v) is 3.32. The highest BCUT2D eigenvalue weighted by Gasteiger charge is 2.25. The molecule has 0 saturated carbocycles. The Morgan fingerprint density at radius 1 is 0.885 bits per heavy atom. The maximum atomic E-state index is 12.9. The van der Waals surface area contributed by atoms with E-state index in [1.54, 1.807) is 40.3 Å². The lowest BCUT2D eigenvalue weighted by Crippen LogP contribution is -2.37. The Labute approximate surface area is 151 Å². The molecule has 1 aromatic heterocycles. The maximum Gasteiger partial charge on any atom is 0.270 e. The van der Waals surface area contributed by atoms with E-state index in [0.717, 1.165) is 6.42 Å². The molecule has 0 unspecified atom stereocenters. The van der Waals surface area contributed by atoms with E-state index >= 15 is 0 Å². The van der Waals surface area contributed by atoms with Gasteiger partial charge in [0.1, 0.15) is 18.9 Å². The number of aromatic amines is 1. The molecular weight excluding hydrogens is 334 g/mol. The predicted octanol–water partition coefficient (Wildman–Crippen LogP) is 1.77. The number of hydrogen-bond acceptors (Lipinski definition) is 4. The van der Waals surface area contributed by atoms with Gasteiger partial charge in [-0.15, -0.1) is 0 Å². The highest BCUT2D eigenvalue weighted by molar-refractivity contribution is 5.95. The summed E-state index contributed by atoms with van der Waals surface area (Å²) >= 11 is 0. The van der Waals surface area contributed by atoms with Crippen LogP contribution in [0.5, 0.6) is 11.5 Å². The Kier molecular flexibility index (Phi) is 4.51. The first-order valence-electron chi connectivity index (χ1n) is 8.84. The highest BCUT2D eigenvalue weighted by atomic mass is 16.6. The van der Waals surface area contributed by atoms with Gasteiger partial charge in [0.15, 0.2) is 11.5 Å². The van der Waals surface area contributed by atoms with Crippen LogP contribution in [0.15, 0.2) is 36.5 Å². The molecule has 4 rings (SSSR count). The Bertz CT molecular complexity index is 803.